The third kappa shape index (κ3) is 3.59. The summed E-state index contributed by atoms with van der Waals surface area (Å²) in [6.07, 6.45) is 5.05. The van der Waals surface area contributed by atoms with E-state index in [2.05, 4.69) is 30.1 Å². The van der Waals surface area contributed by atoms with Crippen molar-refractivity contribution in [1.82, 2.24) is 20.1 Å². The van der Waals surface area contributed by atoms with Crippen LogP contribution < -0.4 is 5.32 Å². The second-order valence-corrected chi connectivity index (χ2v) is 6.02. The number of carbonyl (C=O) groups is 1. The smallest absolute Gasteiger partial charge is 0.239 e. The van der Waals surface area contributed by atoms with Crippen LogP contribution in [0.5, 0.6) is 0 Å². The molecule has 3 rings (SSSR count). The number of likely N-dealkylation sites (tertiary alicyclic amines) is 2. The molecule has 7 heteroatoms. The Labute approximate surface area is 124 Å². The Morgan fingerprint density at radius 3 is 2.81 bits per heavy atom. The molecule has 0 aromatic carbocycles. The van der Waals surface area contributed by atoms with Crippen molar-refractivity contribution < 1.29 is 9.42 Å². The molecule has 1 aromatic rings. The van der Waals surface area contributed by atoms with Crippen LogP contribution in [-0.4, -0.2) is 64.8 Å². The Morgan fingerprint density at radius 1 is 1.29 bits per heavy atom. The number of rotatable bonds is 4. The molecule has 1 N–H and O–H groups in total. The minimum Gasteiger partial charge on any atom is -0.305 e. The molecule has 0 unspecified atom stereocenters. The van der Waals surface area contributed by atoms with Gasteiger partial charge in [0.15, 0.2) is 5.82 Å². The van der Waals surface area contributed by atoms with Crippen molar-refractivity contribution >= 4 is 11.7 Å². The van der Waals surface area contributed by atoms with Gasteiger partial charge in [0.05, 0.1) is 6.54 Å². The largest absolute Gasteiger partial charge is 0.305 e. The molecule has 2 fully saturated rings. The average Bonchev–Trinajstić information content (AvgIpc) is 3.12. The predicted molar refractivity (Wildman–Crippen MR) is 77.9 cm³/mol. The van der Waals surface area contributed by atoms with Gasteiger partial charge in [-0.15, -0.1) is 0 Å². The zero-order valence-electron chi connectivity index (χ0n) is 12.5. The van der Waals surface area contributed by atoms with E-state index in [1.807, 2.05) is 0 Å². The monoisotopic (exact) mass is 293 g/mol. The van der Waals surface area contributed by atoms with Gasteiger partial charge in [0.25, 0.3) is 0 Å². The molecular weight excluding hydrogens is 270 g/mol. The summed E-state index contributed by atoms with van der Waals surface area (Å²) < 4.78 is 4.59. The molecule has 21 heavy (non-hydrogen) atoms. The minimum absolute atomic E-state index is 0.0455. The van der Waals surface area contributed by atoms with Crippen LogP contribution in [0.15, 0.2) is 4.63 Å². The van der Waals surface area contributed by atoms with Crippen LogP contribution in [-0.2, 0) is 4.79 Å². The van der Waals surface area contributed by atoms with Crippen molar-refractivity contribution in [3.63, 3.8) is 0 Å². The fraction of sp³-hybridized carbons (Fsp3) is 0.786. The number of piperidine rings is 1. The number of nitrogens with one attached hydrogen (secondary N) is 1. The first kappa shape index (κ1) is 14.5. The lowest BCUT2D eigenvalue weighted by Crippen LogP contribution is -2.48. The molecule has 0 radical (unpaired) electrons. The Morgan fingerprint density at radius 2 is 2.10 bits per heavy atom. The van der Waals surface area contributed by atoms with E-state index >= 15 is 0 Å². The van der Waals surface area contributed by atoms with Gasteiger partial charge in [0, 0.05) is 12.6 Å². The van der Waals surface area contributed by atoms with E-state index in [1.54, 1.807) is 6.92 Å². The zero-order chi connectivity index (χ0) is 14.7. The fourth-order valence-electron chi connectivity index (χ4n) is 3.30. The number of carbonyl (C=O) groups excluding carboxylic acids is 1. The van der Waals surface area contributed by atoms with E-state index in [4.69, 9.17) is 0 Å². The molecule has 1 atom stereocenters. The van der Waals surface area contributed by atoms with Crippen molar-refractivity contribution in [2.45, 2.75) is 38.6 Å². The van der Waals surface area contributed by atoms with Crippen molar-refractivity contribution in [3.05, 3.63) is 5.69 Å². The molecular formula is C14H23N5O2. The first-order valence-electron chi connectivity index (χ1n) is 7.78. The average molecular weight is 293 g/mol. The summed E-state index contributed by atoms with van der Waals surface area (Å²) in [5.41, 5.74) is 0.608. The highest BCUT2D eigenvalue weighted by molar-refractivity contribution is 5.91. The van der Waals surface area contributed by atoms with Crippen molar-refractivity contribution in [2.24, 2.45) is 0 Å². The molecule has 2 aliphatic rings. The highest BCUT2D eigenvalue weighted by Gasteiger charge is 2.28. The van der Waals surface area contributed by atoms with E-state index in [0.29, 0.717) is 24.1 Å². The normalized spacial score (nSPS) is 24.3. The summed E-state index contributed by atoms with van der Waals surface area (Å²) in [5.74, 6) is 0.379. The molecule has 2 aliphatic heterocycles. The number of hydrogen-bond donors (Lipinski definition) is 1. The minimum atomic E-state index is -0.0455. The third-order valence-corrected chi connectivity index (χ3v) is 4.42. The lowest BCUT2D eigenvalue weighted by molar-refractivity contribution is -0.117. The fourth-order valence-corrected chi connectivity index (χ4v) is 3.30. The zero-order valence-corrected chi connectivity index (χ0v) is 12.5. The van der Waals surface area contributed by atoms with Crippen molar-refractivity contribution in [3.8, 4) is 0 Å². The summed E-state index contributed by atoms with van der Waals surface area (Å²) in [6, 6.07) is 0.615. The molecule has 3 heterocycles. The van der Waals surface area contributed by atoms with Crippen LogP contribution in [0, 0.1) is 6.92 Å². The first-order chi connectivity index (χ1) is 10.2. The van der Waals surface area contributed by atoms with Gasteiger partial charge < -0.3 is 5.32 Å². The number of aryl methyl sites for hydroxylation is 1. The molecule has 0 bridgehead atoms. The number of nitrogens with zero attached hydrogens (tertiary/aromatic N) is 4. The lowest BCUT2D eigenvalue weighted by atomic mass is 10.0. The second kappa shape index (κ2) is 6.53. The van der Waals surface area contributed by atoms with Gasteiger partial charge in [-0.2, -0.15) is 0 Å². The number of hydrogen-bond acceptors (Lipinski definition) is 6. The van der Waals surface area contributed by atoms with Crippen molar-refractivity contribution in [2.75, 3.05) is 38.0 Å². The summed E-state index contributed by atoms with van der Waals surface area (Å²) >= 11 is 0. The summed E-state index contributed by atoms with van der Waals surface area (Å²) in [4.78, 5) is 16.9. The third-order valence-electron chi connectivity index (χ3n) is 4.42. The van der Waals surface area contributed by atoms with Gasteiger partial charge in [-0.1, -0.05) is 5.16 Å². The molecule has 116 valence electrons. The molecule has 1 aromatic heterocycles. The van der Waals surface area contributed by atoms with Gasteiger partial charge in [-0.05, 0) is 57.4 Å². The predicted octanol–water partition coefficient (Wildman–Crippen LogP) is 0.877. The van der Waals surface area contributed by atoms with E-state index in [9.17, 15) is 4.79 Å². The Hall–Kier alpha value is -1.47. The van der Waals surface area contributed by atoms with Crippen LogP contribution in [0.2, 0.25) is 0 Å². The molecule has 0 saturated carbocycles. The molecule has 0 spiro atoms. The molecule has 7 nitrogen and oxygen atoms in total. The van der Waals surface area contributed by atoms with Crippen LogP contribution >= 0.6 is 0 Å². The maximum absolute atomic E-state index is 12.1. The van der Waals surface area contributed by atoms with Gasteiger partial charge in [0.1, 0.15) is 5.69 Å². The van der Waals surface area contributed by atoms with E-state index < -0.39 is 0 Å². The maximum Gasteiger partial charge on any atom is 0.239 e. The van der Waals surface area contributed by atoms with Crippen LogP contribution in [0.3, 0.4) is 0 Å². The maximum atomic E-state index is 12.1. The Kier molecular flexibility index (Phi) is 4.50. The number of aromatic nitrogens is 2. The topological polar surface area (TPSA) is 74.5 Å². The highest BCUT2D eigenvalue weighted by Crippen LogP contribution is 2.20. The van der Waals surface area contributed by atoms with Gasteiger partial charge in [-0.3, -0.25) is 14.6 Å². The summed E-state index contributed by atoms with van der Waals surface area (Å²) in [7, 11) is 0. The summed E-state index contributed by atoms with van der Waals surface area (Å²) in [6.45, 7) is 6.59. The van der Waals surface area contributed by atoms with Gasteiger partial charge in [-0.25, -0.2) is 4.63 Å². The summed E-state index contributed by atoms with van der Waals surface area (Å²) in [5, 5.41) is 10.1. The molecule has 0 aliphatic carbocycles. The molecule has 1 amide bonds. The SMILES string of the molecule is Cc1nonc1NC(=O)CN1CCC[C@@H](N2CCCC2)C1. The lowest BCUT2D eigenvalue weighted by Gasteiger charge is -2.37. The number of anilines is 1. The van der Waals surface area contributed by atoms with Crippen LogP contribution in [0.25, 0.3) is 0 Å². The van der Waals surface area contributed by atoms with E-state index in [1.165, 1.54) is 38.8 Å². The van der Waals surface area contributed by atoms with Gasteiger partial charge in [0.2, 0.25) is 5.91 Å². The number of amides is 1. The first-order valence-corrected chi connectivity index (χ1v) is 7.78. The van der Waals surface area contributed by atoms with E-state index in [-0.39, 0.29) is 5.91 Å². The van der Waals surface area contributed by atoms with Gasteiger partial charge >= 0.3 is 0 Å². The van der Waals surface area contributed by atoms with Crippen molar-refractivity contribution in [1.29, 1.82) is 0 Å². The van der Waals surface area contributed by atoms with E-state index in [0.717, 1.165) is 13.1 Å². The highest BCUT2D eigenvalue weighted by atomic mass is 16.6. The molecule has 2 saturated heterocycles. The second-order valence-electron chi connectivity index (χ2n) is 6.02. The Balaban J connectivity index is 1.50. The quantitative estimate of drug-likeness (QED) is 0.888. The Bertz CT molecular complexity index is 483. The van der Waals surface area contributed by atoms with Crippen LogP contribution in [0.1, 0.15) is 31.4 Å². The standard InChI is InChI=1S/C14H23N5O2/c1-11-14(17-21-16-11)15-13(20)10-18-6-4-5-12(9-18)19-7-2-3-8-19/h12H,2-10H2,1H3,(H,15,17,20)/t12-/m1/s1. The van der Waals surface area contributed by atoms with Crippen LogP contribution in [0.4, 0.5) is 5.82 Å².